The number of aryl methyl sites for hydroxylation is 2. The molecule has 21 heavy (non-hydrogen) atoms. The number of aliphatic hydroxyl groups excluding tert-OH is 1. The topological polar surface area (TPSA) is 83.8 Å². The van der Waals surface area contributed by atoms with Crippen molar-refractivity contribution in [3.05, 3.63) is 46.3 Å². The van der Waals surface area contributed by atoms with E-state index >= 15 is 0 Å². The molecule has 0 saturated carbocycles. The van der Waals surface area contributed by atoms with Gasteiger partial charge >= 0.3 is 5.97 Å². The summed E-state index contributed by atoms with van der Waals surface area (Å²) in [5.41, 5.74) is 1.84. The zero-order valence-electron chi connectivity index (χ0n) is 12.2. The highest BCUT2D eigenvalue weighted by Crippen LogP contribution is 2.31. The lowest BCUT2D eigenvalue weighted by molar-refractivity contribution is 0.0661. The first-order chi connectivity index (χ1) is 9.90. The molecule has 0 aliphatic heterocycles. The van der Waals surface area contributed by atoms with Gasteiger partial charge in [-0.2, -0.15) is 0 Å². The van der Waals surface area contributed by atoms with Crippen molar-refractivity contribution in [2.24, 2.45) is 0 Å². The summed E-state index contributed by atoms with van der Waals surface area (Å²) in [4.78, 5) is 10.7. The fraction of sp³-hybridized carbons (Fsp3) is 0.400. The third-order valence-corrected chi connectivity index (χ3v) is 4.20. The molecule has 0 fully saturated rings. The second kappa shape index (κ2) is 6.41. The summed E-state index contributed by atoms with van der Waals surface area (Å²) in [7, 11) is 0. The van der Waals surface area contributed by atoms with Gasteiger partial charge in [0, 0.05) is 16.9 Å². The number of carboxylic acids is 1. The first kappa shape index (κ1) is 15.7. The molecule has 2 aromatic rings. The predicted octanol–water partition coefficient (Wildman–Crippen LogP) is 3.67. The molecule has 2 rings (SSSR count). The number of thioether (sulfide) groups is 1. The van der Waals surface area contributed by atoms with E-state index in [0.29, 0.717) is 17.3 Å². The van der Waals surface area contributed by atoms with Gasteiger partial charge in [-0.05, 0) is 32.9 Å². The summed E-state index contributed by atoms with van der Waals surface area (Å²) >= 11 is 1.59. The molecular weight excluding hydrogens is 292 g/mol. The Kier molecular flexibility index (Phi) is 4.80. The molecule has 6 heteroatoms. The summed E-state index contributed by atoms with van der Waals surface area (Å²) in [6, 6.07) is 3.12. The van der Waals surface area contributed by atoms with Crippen molar-refractivity contribution in [1.29, 1.82) is 0 Å². The predicted molar refractivity (Wildman–Crippen MR) is 79.5 cm³/mol. The van der Waals surface area contributed by atoms with Gasteiger partial charge in [-0.1, -0.05) is 0 Å². The molecule has 5 nitrogen and oxygen atoms in total. The summed E-state index contributed by atoms with van der Waals surface area (Å²) < 4.78 is 10.8. The Morgan fingerprint density at radius 2 is 1.95 bits per heavy atom. The van der Waals surface area contributed by atoms with Crippen LogP contribution in [0.3, 0.4) is 0 Å². The van der Waals surface area contributed by atoms with E-state index in [1.54, 1.807) is 24.8 Å². The van der Waals surface area contributed by atoms with Gasteiger partial charge in [0.1, 0.15) is 17.3 Å². The van der Waals surface area contributed by atoms with Gasteiger partial charge in [-0.15, -0.1) is 11.8 Å². The van der Waals surface area contributed by atoms with E-state index < -0.39 is 12.1 Å². The van der Waals surface area contributed by atoms with Gasteiger partial charge in [-0.25, -0.2) is 4.79 Å². The van der Waals surface area contributed by atoms with Crippen LogP contribution in [0.25, 0.3) is 0 Å². The highest BCUT2D eigenvalue weighted by atomic mass is 32.2. The van der Waals surface area contributed by atoms with E-state index in [2.05, 4.69) is 0 Å². The van der Waals surface area contributed by atoms with Crippen LogP contribution in [-0.2, 0) is 11.5 Å². The van der Waals surface area contributed by atoms with Crippen molar-refractivity contribution in [1.82, 2.24) is 0 Å². The minimum absolute atomic E-state index is 0.0504. The van der Waals surface area contributed by atoms with E-state index in [1.807, 2.05) is 13.8 Å². The van der Waals surface area contributed by atoms with Crippen LogP contribution < -0.4 is 0 Å². The average molecular weight is 310 g/mol. The molecule has 2 N–H and O–H groups in total. The maximum absolute atomic E-state index is 10.7. The lowest BCUT2D eigenvalue weighted by atomic mass is 10.1. The fourth-order valence-electron chi connectivity index (χ4n) is 2.30. The Bertz CT molecular complexity index is 639. The van der Waals surface area contributed by atoms with Crippen LogP contribution in [0.2, 0.25) is 0 Å². The summed E-state index contributed by atoms with van der Waals surface area (Å²) in [6.45, 7) is 5.44. The lowest BCUT2D eigenvalue weighted by Crippen LogP contribution is -1.97. The van der Waals surface area contributed by atoms with Crippen molar-refractivity contribution >= 4 is 17.7 Å². The number of rotatable bonds is 6. The molecule has 0 aliphatic rings. The second-order valence-corrected chi connectivity index (χ2v) is 5.83. The molecule has 0 radical (unpaired) electrons. The monoisotopic (exact) mass is 310 g/mol. The van der Waals surface area contributed by atoms with Crippen molar-refractivity contribution in [3.8, 4) is 0 Å². The molecular formula is C15H18O5S. The number of aromatic carboxylic acids is 1. The largest absolute Gasteiger partial charge is 0.475 e. The van der Waals surface area contributed by atoms with Crippen LogP contribution in [0.15, 0.2) is 21.0 Å². The number of carboxylic acid groups (broad SMARTS) is 1. The summed E-state index contributed by atoms with van der Waals surface area (Å²) in [6.07, 6.45) is -0.569. The smallest absolute Gasteiger partial charge is 0.371 e. The maximum atomic E-state index is 10.7. The second-order valence-electron chi connectivity index (χ2n) is 4.85. The van der Waals surface area contributed by atoms with Crippen LogP contribution in [0.1, 0.15) is 52.0 Å². The zero-order valence-corrected chi connectivity index (χ0v) is 13.0. The summed E-state index contributed by atoms with van der Waals surface area (Å²) in [5.74, 6) is 2.29. The minimum atomic E-state index is -1.07. The quantitative estimate of drug-likeness (QED) is 0.847. The SMILES string of the molecule is Cc1oc(C)c(C(C)O)c1CSCc1ccc(C(=O)O)o1. The maximum Gasteiger partial charge on any atom is 0.371 e. The Labute approximate surface area is 127 Å². The molecule has 114 valence electrons. The Morgan fingerprint density at radius 3 is 2.52 bits per heavy atom. The molecule has 1 atom stereocenters. The molecule has 0 aliphatic carbocycles. The molecule has 1 unspecified atom stereocenters. The minimum Gasteiger partial charge on any atom is -0.475 e. The first-order valence-corrected chi connectivity index (χ1v) is 7.72. The van der Waals surface area contributed by atoms with Crippen LogP contribution in [0.4, 0.5) is 0 Å². The van der Waals surface area contributed by atoms with Gasteiger partial charge in [0.2, 0.25) is 5.76 Å². The molecule has 0 amide bonds. The van der Waals surface area contributed by atoms with Crippen molar-refractivity contribution in [3.63, 3.8) is 0 Å². The standard InChI is InChI=1S/C15H18O5S/c1-8(16)14-10(3)19-9(2)12(14)7-21-6-11-4-5-13(20-11)15(17)18/h4-5,8,16H,6-7H2,1-3H3,(H,17,18). The number of hydrogen-bond donors (Lipinski definition) is 2. The van der Waals surface area contributed by atoms with Crippen molar-refractivity contribution in [2.75, 3.05) is 0 Å². The Balaban J connectivity index is 2.01. The van der Waals surface area contributed by atoms with E-state index in [4.69, 9.17) is 13.9 Å². The molecule has 0 bridgehead atoms. The highest BCUT2D eigenvalue weighted by molar-refractivity contribution is 7.97. The van der Waals surface area contributed by atoms with Crippen LogP contribution in [0, 0.1) is 13.8 Å². The molecule has 0 spiro atoms. The fourth-order valence-corrected chi connectivity index (χ4v) is 3.32. The third-order valence-electron chi connectivity index (χ3n) is 3.22. The van der Waals surface area contributed by atoms with Crippen LogP contribution in [-0.4, -0.2) is 16.2 Å². The zero-order chi connectivity index (χ0) is 15.6. The number of furan rings is 2. The number of carbonyl (C=O) groups is 1. The molecule has 2 aromatic heterocycles. The Hall–Kier alpha value is -1.66. The Morgan fingerprint density at radius 1 is 1.24 bits per heavy atom. The van der Waals surface area contributed by atoms with E-state index in [0.717, 1.165) is 22.6 Å². The van der Waals surface area contributed by atoms with Gasteiger partial charge in [-0.3, -0.25) is 0 Å². The van der Waals surface area contributed by atoms with Gasteiger partial charge in [0.25, 0.3) is 0 Å². The summed E-state index contributed by atoms with van der Waals surface area (Å²) in [5, 5.41) is 18.6. The lowest BCUT2D eigenvalue weighted by Gasteiger charge is -2.07. The average Bonchev–Trinajstić information content (AvgIpc) is 2.95. The normalized spacial score (nSPS) is 12.6. The van der Waals surface area contributed by atoms with Gasteiger partial charge in [0.05, 0.1) is 11.9 Å². The van der Waals surface area contributed by atoms with E-state index in [9.17, 15) is 9.90 Å². The first-order valence-electron chi connectivity index (χ1n) is 6.56. The van der Waals surface area contributed by atoms with E-state index in [1.165, 1.54) is 6.07 Å². The molecule has 2 heterocycles. The van der Waals surface area contributed by atoms with Crippen LogP contribution in [0.5, 0.6) is 0 Å². The van der Waals surface area contributed by atoms with Crippen LogP contribution >= 0.6 is 11.8 Å². The van der Waals surface area contributed by atoms with Gasteiger partial charge in [0.15, 0.2) is 0 Å². The molecule has 0 saturated heterocycles. The van der Waals surface area contributed by atoms with Gasteiger partial charge < -0.3 is 19.0 Å². The molecule has 0 aromatic carbocycles. The highest BCUT2D eigenvalue weighted by Gasteiger charge is 2.19. The van der Waals surface area contributed by atoms with Crippen molar-refractivity contribution < 1.29 is 23.8 Å². The van der Waals surface area contributed by atoms with Crippen molar-refractivity contribution in [2.45, 2.75) is 38.4 Å². The number of aliphatic hydroxyl groups is 1. The van der Waals surface area contributed by atoms with E-state index in [-0.39, 0.29) is 5.76 Å². The number of hydrogen-bond acceptors (Lipinski definition) is 5. The third kappa shape index (κ3) is 3.51.